The molecule has 1 aromatic rings. The summed E-state index contributed by atoms with van der Waals surface area (Å²) in [5.41, 5.74) is 0. The lowest BCUT2D eigenvalue weighted by Crippen LogP contribution is -2.20. The number of ether oxygens (including phenoxy) is 1. The Morgan fingerprint density at radius 1 is 1.41 bits per heavy atom. The van der Waals surface area contributed by atoms with Crippen LogP contribution in [0.3, 0.4) is 0 Å². The second-order valence-electron chi connectivity index (χ2n) is 3.58. The van der Waals surface area contributed by atoms with Crippen LogP contribution in [0.25, 0.3) is 0 Å². The minimum Gasteiger partial charge on any atom is -0.465 e. The predicted octanol–water partition coefficient (Wildman–Crippen LogP) is 4.27. The lowest BCUT2D eigenvalue weighted by molar-refractivity contribution is -0.142. The summed E-state index contributed by atoms with van der Waals surface area (Å²) >= 11 is 5.06. The van der Waals surface area contributed by atoms with Gasteiger partial charge < -0.3 is 4.74 Å². The highest BCUT2D eigenvalue weighted by Gasteiger charge is 2.20. The van der Waals surface area contributed by atoms with Crippen molar-refractivity contribution in [2.75, 3.05) is 6.61 Å². The molecule has 94 valence electrons. The molecule has 0 radical (unpaired) electrons. The van der Waals surface area contributed by atoms with Gasteiger partial charge in [0.1, 0.15) is 5.25 Å². The van der Waals surface area contributed by atoms with Crippen molar-refractivity contribution in [1.82, 2.24) is 0 Å². The summed E-state index contributed by atoms with van der Waals surface area (Å²) in [7, 11) is 0. The zero-order chi connectivity index (χ0) is 12.7. The Labute approximate surface area is 115 Å². The van der Waals surface area contributed by atoms with Crippen LogP contribution in [-0.4, -0.2) is 17.8 Å². The van der Waals surface area contributed by atoms with Crippen LogP contribution in [0.5, 0.6) is 0 Å². The number of hydrogen-bond acceptors (Lipinski definition) is 3. The molecule has 0 aromatic heterocycles. The molecule has 0 saturated heterocycles. The number of carbonyl (C=O) groups is 1. The Bertz CT molecular complexity index is 368. The zero-order valence-corrected chi connectivity index (χ0v) is 12.5. The number of hydrogen-bond donors (Lipinski definition) is 0. The van der Waals surface area contributed by atoms with Crippen molar-refractivity contribution in [2.45, 2.75) is 36.8 Å². The normalized spacial score (nSPS) is 12.2. The van der Waals surface area contributed by atoms with E-state index in [0.717, 1.165) is 22.2 Å². The Hall–Kier alpha value is -0.480. The smallest absolute Gasteiger partial charge is 0.319 e. The summed E-state index contributed by atoms with van der Waals surface area (Å²) in [4.78, 5) is 12.9. The van der Waals surface area contributed by atoms with Gasteiger partial charge >= 0.3 is 5.97 Å². The quantitative estimate of drug-likeness (QED) is 0.579. The maximum Gasteiger partial charge on any atom is 0.319 e. The SMILES string of the molecule is CCCC(Sc1ccccc1Br)C(=O)OCC. The minimum absolute atomic E-state index is 0.112. The maximum absolute atomic E-state index is 11.8. The second-order valence-corrected chi connectivity index (χ2v) is 5.68. The summed E-state index contributed by atoms with van der Waals surface area (Å²) in [6.07, 6.45) is 1.81. The van der Waals surface area contributed by atoms with Gasteiger partial charge in [-0.2, -0.15) is 0 Å². The van der Waals surface area contributed by atoms with Gasteiger partial charge in [0, 0.05) is 9.37 Å². The molecular formula is C13H17BrO2S. The minimum atomic E-state index is -0.116. The van der Waals surface area contributed by atoms with E-state index in [1.807, 2.05) is 31.2 Å². The Morgan fingerprint density at radius 3 is 2.71 bits per heavy atom. The van der Waals surface area contributed by atoms with Gasteiger partial charge in [0.05, 0.1) is 6.61 Å². The van der Waals surface area contributed by atoms with E-state index in [2.05, 4.69) is 22.9 Å². The lowest BCUT2D eigenvalue weighted by Gasteiger charge is -2.15. The maximum atomic E-state index is 11.8. The van der Waals surface area contributed by atoms with Crippen LogP contribution in [-0.2, 0) is 9.53 Å². The fraction of sp³-hybridized carbons (Fsp3) is 0.462. The lowest BCUT2D eigenvalue weighted by atomic mass is 10.2. The van der Waals surface area contributed by atoms with Crippen molar-refractivity contribution in [3.8, 4) is 0 Å². The van der Waals surface area contributed by atoms with Gasteiger partial charge in [-0.05, 0) is 41.4 Å². The van der Waals surface area contributed by atoms with Crippen molar-refractivity contribution in [1.29, 1.82) is 0 Å². The van der Waals surface area contributed by atoms with Gasteiger partial charge in [-0.3, -0.25) is 4.79 Å². The molecule has 0 N–H and O–H groups in total. The molecule has 1 rings (SSSR count). The third-order valence-electron chi connectivity index (χ3n) is 2.21. The average molecular weight is 317 g/mol. The molecular weight excluding hydrogens is 300 g/mol. The van der Waals surface area contributed by atoms with Crippen molar-refractivity contribution in [3.63, 3.8) is 0 Å². The van der Waals surface area contributed by atoms with E-state index in [1.165, 1.54) is 0 Å². The van der Waals surface area contributed by atoms with Gasteiger partial charge in [0.15, 0.2) is 0 Å². The fourth-order valence-corrected chi connectivity index (χ4v) is 3.14. The van der Waals surface area contributed by atoms with Crippen LogP contribution in [0.2, 0.25) is 0 Å². The molecule has 0 aliphatic heterocycles. The van der Waals surface area contributed by atoms with Crippen LogP contribution in [0.15, 0.2) is 33.6 Å². The van der Waals surface area contributed by atoms with E-state index >= 15 is 0 Å². The van der Waals surface area contributed by atoms with Gasteiger partial charge in [-0.25, -0.2) is 0 Å². The van der Waals surface area contributed by atoms with E-state index in [1.54, 1.807) is 11.8 Å². The highest BCUT2D eigenvalue weighted by atomic mass is 79.9. The monoisotopic (exact) mass is 316 g/mol. The summed E-state index contributed by atoms with van der Waals surface area (Å²) in [5.74, 6) is -0.116. The van der Waals surface area contributed by atoms with Crippen molar-refractivity contribution in [2.24, 2.45) is 0 Å². The molecule has 0 heterocycles. The van der Waals surface area contributed by atoms with Crippen molar-refractivity contribution in [3.05, 3.63) is 28.7 Å². The van der Waals surface area contributed by atoms with E-state index < -0.39 is 0 Å². The number of halogens is 1. The first-order valence-corrected chi connectivity index (χ1v) is 7.44. The number of esters is 1. The third kappa shape index (κ3) is 4.72. The molecule has 1 unspecified atom stereocenters. The van der Waals surface area contributed by atoms with Gasteiger partial charge in [0.25, 0.3) is 0 Å². The fourth-order valence-electron chi connectivity index (χ4n) is 1.42. The van der Waals surface area contributed by atoms with Gasteiger partial charge in [-0.15, -0.1) is 11.8 Å². The summed E-state index contributed by atoms with van der Waals surface area (Å²) in [6, 6.07) is 7.93. The molecule has 0 aliphatic carbocycles. The zero-order valence-electron chi connectivity index (χ0n) is 10.1. The first-order valence-electron chi connectivity index (χ1n) is 5.76. The van der Waals surface area contributed by atoms with Gasteiger partial charge in [0.2, 0.25) is 0 Å². The molecule has 0 saturated carbocycles. The molecule has 2 nitrogen and oxygen atoms in total. The van der Waals surface area contributed by atoms with Crippen molar-refractivity contribution < 1.29 is 9.53 Å². The number of carbonyl (C=O) groups excluding carboxylic acids is 1. The molecule has 0 spiro atoms. The van der Waals surface area contributed by atoms with Crippen LogP contribution in [0.4, 0.5) is 0 Å². The standard InChI is InChI=1S/C13H17BrO2S/c1-3-7-12(13(15)16-4-2)17-11-9-6-5-8-10(11)14/h5-6,8-9,12H,3-4,7H2,1-2H3. The summed E-state index contributed by atoms with van der Waals surface area (Å²) < 4.78 is 6.12. The number of benzene rings is 1. The first kappa shape index (κ1) is 14.6. The van der Waals surface area contributed by atoms with Crippen molar-refractivity contribution >= 4 is 33.7 Å². The average Bonchev–Trinajstić information content (AvgIpc) is 2.31. The van der Waals surface area contributed by atoms with Crippen LogP contribution < -0.4 is 0 Å². The van der Waals surface area contributed by atoms with Crippen LogP contribution >= 0.6 is 27.7 Å². The Kier molecular flexibility index (Phi) is 6.66. The highest BCUT2D eigenvalue weighted by molar-refractivity contribution is 9.10. The first-order chi connectivity index (χ1) is 8.19. The molecule has 1 aromatic carbocycles. The van der Waals surface area contributed by atoms with E-state index in [4.69, 9.17) is 4.74 Å². The number of thioether (sulfide) groups is 1. The Balaban J connectivity index is 2.73. The van der Waals surface area contributed by atoms with E-state index in [-0.39, 0.29) is 11.2 Å². The van der Waals surface area contributed by atoms with Crippen LogP contribution in [0, 0.1) is 0 Å². The topological polar surface area (TPSA) is 26.3 Å². The molecule has 17 heavy (non-hydrogen) atoms. The predicted molar refractivity (Wildman–Crippen MR) is 75.3 cm³/mol. The molecule has 0 fully saturated rings. The summed E-state index contributed by atoms with van der Waals surface area (Å²) in [5, 5.41) is -0.112. The molecule has 0 bridgehead atoms. The largest absolute Gasteiger partial charge is 0.465 e. The van der Waals surface area contributed by atoms with Crippen LogP contribution in [0.1, 0.15) is 26.7 Å². The second kappa shape index (κ2) is 7.77. The summed E-state index contributed by atoms with van der Waals surface area (Å²) in [6.45, 7) is 4.35. The molecule has 4 heteroatoms. The number of rotatable bonds is 6. The molecule has 0 aliphatic rings. The van der Waals surface area contributed by atoms with E-state index in [0.29, 0.717) is 6.61 Å². The van der Waals surface area contributed by atoms with Gasteiger partial charge in [-0.1, -0.05) is 25.5 Å². The molecule has 1 atom stereocenters. The Morgan fingerprint density at radius 2 is 2.12 bits per heavy atom. The third-order valence-corrected chi connectivity index (χ3v) is 4.48. The molecule has 0 amide bonds. The van der Waals surface area contributed by atoms with E-state index in [9.17, 15) is 4.79 Å². The highest BCUT2D eigenvalue weighted by Crippen LogP contribution is 2.32.